The van der Waals surface area contributed by atoms with Gasteiger partial charge in [0.05, 0.1) is 18.4 Å². The van der Waals surface area contributed by atoms with Crippen LogP contribution in [0.25, 0.3) is 22.0 Å². The molecule has 0 aliphatic carbocycles. The van der Waals surface area contributed by atoms with Gasteiger partial charge in [-0.1, -0.05) is 18.2 Å². The first kappa shape index (κ1) is 13.1. The molecular weight excluding hydrogens is 266 g/mol. The fraction of sp³-hybridized carbons (Fsp3) is 0.0588. The molecule has 1 N–H and O–H groups in total. The molecule has 0 unspecified atom stereocenters. The lowest BCUT2D eigenvalue weighted by Gasteiger charge is -2.06. The Morgan fingerprint density at radius 2 is 1.81 bits per heavy atom. The largest absolute Gasteiger partial charge is 0.497 e. The third-order valence-corrected chi connectivity index (χ3v) is 3.35. The summed E-state index contributed by atoms with van der Waals surface area (Å²) >= 11 is 0. The van der Waals surface area contributed by atoms with E-state index in [1.165, 1.54) is 12.3 Å². The molecule has 0 radical (unpaired) electrons. The van der Waals surface area contributed by atoms with E-state index in [1.54, 1.807) is 13.2 Å². The fourth-order valence-corrected chi connectivity index (χ4v) is 2.23. The van der Waals surface area contributed by atoms with Crippen molar-refractivity contribution in [2.75, 3.05) is 7.11 Å². The number of aromatic carboxylic acids is 1. The number of carboxylic acid groups (broad SMARTS) is 1. The molecule has 3 aromatic rings. The lowest BCUT2D eigenvalue weighted by atomic mass is 10.0. The Kier molecular flexibility index (Phi) is 3.28. The number of carbonyl (C=O) groups is 1. The molecule has 0 atom stereocenters. The summed E-state index contributed by atoms with van der Waals surface area (Å²) in [5.74, 6) is -0.148. The SMILES string of the molecule is COc1ccc2cc(-c3cc(C(=O)O)ccn3)ccc2c1. The van der Waals surface area contributed by atoms with E-state index in [-0.39, 0.29) is 5.56 Å². The van der Waals surface area contributed by atoms with Crippen molar-refractivity contribution in [3.05, 3.63) is 60.3 Å². The average Bonchev–Trinajstić information content (AvgIpc) is 2.54. The molecular formula is C17H13NO3. The Balaban J connectivity index is 2.08. The van der Waals surface area contributed by atoms with E-state index in [0.717, 1.165) is 22.1 Å². The van der Waals surface area contributed by atoms with Crippen molar-refractivity contribution in [2.24, 2.45) is 0 Å². The Labute approximate surface area is 121 Å². The first-order valence-electron chi connectivity index (χ1n) is 6.45. The maximum absolute atomic E-state index is 11.0. The average molecular weight is 279 g/mol. The zero-order chi connectivity index (χ0) is 14.8. The highest BCUT2D eigenvalue weighted by Gasteiger charge is 2.07. The topological polar surface area (TPSA) is 59.4 Å². The first-order valence-corrected chi connectivity index (χ1v) is 6.45. The maximum Gasteiger partial charge on any atom is 0.335 e. The summed E-state index contributed by atoms with van der Waals surface area (Å²) in [7, 11) is 1.64. The summed E-state index contributed by atoms with van der Waals surface area (Å²) in [6, 6.07) is 14.8. The number of aromatic nitrogens is 1. The van der Waals surface area contributed by atoms with Crippen molar-refractivity contribution >= 4 is 16.7 Å². The normalized spacial score (nSPS) is 10.5. The minimum Gasteiger partial charge on any atom is -0.497 e. The van der Waals surface area contributed by atoms with Crippen molar-refractivity contribution in [1.29, 1.82) is 0 Å². The van der Waals surface area contributed by atoms with Gasteiger partial charge in [-0.2, -0.15) is 0 Å². The van der Waals surface area contributed by atoms with E-state index >= 15 is 0 Å². The van der Waals surface area contributed by atoms with E-state index in [1.807, 2.05) is 36.4 Å². The smallest absolute Gasteiger partial charge is 0.335 e. The number of fused-ring (bicyclic) bond motifs is 1. The predicted octanol–water partition coefficient (Wildman–Crippen LogP) is 3.61. The third kappa shape index (κ3) is 2.56. The Morgan fingerprint density at radius 3 is 2.57 bits per heavy atom. The van der Waals surface area contributed by atoms with Crippen LogP contribution < -0.4 is 4.74 Å². The number of carboxylic acids is 1. The number of benzene rings is 2. The van der Waals surface area contributed by atoms with Crippen LogP contribution in [0.4, 0.5) is 0 Å². The second-order valence-corrected chi connectivity index (χ2v) is 4.66. The lowest BCUT2D eigenvalue weighted by molar-refractivity contribution is 0.0697. The van der Waals surface area contributed by atoms with Gasteiger partial charge in [-0.15, -0.1) is 0 Å². The quantitative estimate of drug-likeness (QED) is 0.795. The molecule has 2 aromatic carbocycles. The molecule has 4 nitrogen and oxygen atoms in total. The number of methoxy groups -OCH3 is 1. The number of pyridine rings is 1. The monoisotopic (exact) mass is 279 g/mol. The van der Waals surface area contributed by atoms with Crippen LogP contribution in [-0.4, -0.2) is 23.2 Å². The summed E-state index contributed by atoms with van der Waals surface area (Å²) in [4.78, 5) is 15.3. The van der Waals surface area contributed by atoms with Gasteiger partial charge in [0.15, 0.2) is 0 Å². The highest BCUT2D eigenvalue weighted by molar-refractivity contribution is 5.91. The molecule has 1 aromatic heterocycles. The van der Waals surface area contributed by atoms with Gasteiger partial charge < -0.3 is 9.84 Å². The number of rotatable bonds is 3. The highest BCUT2D eigenvalue weighted by atomic mass is 16.5. The zero-order valence-electron chi connectivity index (χ0n) is 11.4. The van der Waals surface area contributed by atoms with Gasteiger partial charge in [0.25, 0.3) is 0 Å². The summed E-state index contributed by atoms with van der Waals surface area (Å²) in [5, 5.41) is 11.2. The van der Waals surface area contributed by atoms with Crippen LogP contribution in [0, 0.1) is 0 Å². The zero-order valence-corrected chi connectivity index (χ0v) is 11.4. The second-order valence-electron chi connectivity index (χ2n) is 4.66. The first-order chi connectivity index (χ1) is 10.2. The van der Waals surface area contributed by atoms with Gasteiger partial charge in [-0.05, 0) is 41.1 Å². The van der Waals surface area contributed by atoms with Crippen LogP contribution in [0.2, 0.25) is 0 Å². The van der Waals surface area contributed by atoms with Crippen LogP contribution in [0.1, 0.15) is 10.4 Å². The Morgan fingerprint density at radius 1 is 1.05 bits per heavy atom. The molecule has 1 heterocycles. The number of hydrogen-bond donors (Lipinski definition) is 1. The molecule has 0 amide bonds. The van der Waals surface area contributed by atoms with Gasteiger partial charge in [0.1, 0.15) is 5.75 Å². The maximum atomic E-state index is 11.0. The molecule has 3 rings (SSSR count). The molecule has 0 bridgehead atoms. The van der Waals surface area contributed by atoms with Gasteiger partial charge in [0, 0.05) is 11.8 Å². The molecule has 0 aliphatic heterocycles. The summed E-state index contributed by atoms with van der Waals surface area (Å²) in [5.41, 5.74) is 1.76. The molecule has 0 fully saturated rings. The van der Waals surface area contributed by atoms with Crippen molar-refractivity contribution in [3.8, 4) is 17.0 Å². The van der Waals surface area contributed by atoms with E-state index < -0.39 is 5.97 Å². The third-order valence-electron chi connectivity index (χ3n) is 3.35. The lowest BCUT2D eigenvalue weighted by Crippen LogP contribution is -1.97. The van der Waals surface area contributed by atoms with E-state index in [0.29, 0.717) is 5.69 Å². The molecule has 21 heavy (non-hydrogen) atoms. The number of ether oxygens (including phenoxy) is 1. The Hall–Kier alpha value is -2.88. The Bertz CT molecular complexity index is 827. The molecule has 104 valence electrons. The predicted molar refractivity (Wildman–Crippen MR) is 80.7 cm³/mol. The van der Waals surface area contributed by atoms with E-state index in [9.17, 15) is 4.79 Å². The van der Waals surface area contributed by atoms with Gasteiger partial charge in [-0.3, -0.25) is 4.98 Å². The standard InChI is InChI=1S/C17H13NO3/c1-21-15-5-4-11-8-13(3-2-12(11)9-15)16-10-14(17(19)20)6-7-18-16/h2-10H,1H3,(H,19,20). The van der Waals surface area contributed by atoms with Gasteiger partial charge >= 0.3 is 5.97 Å². The molecule has 0 aliphatic rings. The van der Waals surface area contributed by atoms with Crippen LogP contribution in [0.5, 0.6) is 5.75 Å². The fourth-order valence-electron chi connectivity index (χ4n) is 2.23. The van der Waals surface area contributed by atoms with E-state index in [2.05, 4.69) is 4.98 Å². The van der Waals surface area contributed by atoms with Gasteiger partial charge in [-0.25, -0.2) is 4.79 Å². The minimum absolute atomic E-state index is 0.231. The van der Waals surface area contributed by atoms with Gasteiger partial charge in [0.2, 0.25) is 0 Å². The molecule has 0 saturated carbocycles. The van der Waals surface area contributed by atoms with Crippen molar-refractivity contribution in [1.82, 2.24) is 4.98 Å². The number of nitrogens with zero attached hydrogens (tertiary/aromatic N) is 1. The second kappa shape index (κ2) is 5.25. The van der Waals surface area contributed by atoms with Crippen molar-refractivity contribution in [2.45, 2.75) is 0 Å². The minimum atomic E-state index is -0.954. The van der Waals surface area contributed by atoms with Crippen LogP contribution in [0.3, 0.4) is 0 Å². The summed E-state index contributed by atoms with van der Waals surface area (Å²) in [6.07, 6.45) is 1.51. The van der Waals surface area contributed by atoms with Crippen molar-refractivity contribution < 1.29 is 14.6 Å². The van der Waals surface area contributed by atoms with Crippen LogP contribution in [0.15, 0.2) is 54.7 Å². The molecule has 0 saturated heterocycles. The number of hydrogen-bond acceptors (Lipinski definition) is 3. The molecule has 4 heteroatoms. The van der Waals surface area contributed by atoms with Crippen LogP contribution in [-0.2, 0) is 0 Å². The van der Waals surface area contributed by atoms with Crippen LogP contribution >= 0.6 is 0 Å². The van der Waals surface area contributed by atoms with Crippen molar-refractivity contribution in [3.63, 3.8) is 0 Å². The van der Waals surface area contributed by atoms with E-state index in [4.69, 9.17) is 9.84 Å². The summed E-state index contributed by atoms with van der Waals surface area (Å²) < 4.78 is 5.20. The molecule has 0 spiro atoms. The summed E-state index contributed by atoms with van der Waals surface area (Å²) in [6.45, 7) is 0. The highest BCUT2D eigenvalue weighted by Crippen LogP contribution is 2.26.